The maximum Gasteiger partial charge on any atom is 0.191 e. The van der Waals surface area contributed by atoms with Crippen LogP contribution in [0.2, 0.25) is 0 Å². The lowest BCUT2D eigenvalue weighted by atomic mass is 9.82. The first-order valence-electron chi connectivity index (χ1n) is 9.77. The third-order valence-corrected chi connectivity index (χ3v) is 6.68. The molecule has 2 aliphatic rings. The van der Waals surface area contributed by atoms with Crippen LogP contribution in [0.25, 0.3) is 0 Å². The summed E-state index contributed by atoms with van der Waals surface area (Å²) < 4.78 is 0. The van der Waals surface area contributed by atoms with Gasteiger partial charge in [-0.05, 0) is 39.7 Å². The van der Waals surface area contributed by atoms with Gasteiger partial charge in [-0.15, -0.1) is 11.3 Å². The van der Waals surface area contributed by atoms with E-state index in [9.17, 15) is 0 Å². The van der Waals surface area contributed by atoms with Gasteiger partial charge < -0.3 is 15.5 Å². The highest BCUT2D eigenvalue weighted by Crippen LogP contribution is 2.32. The number of hydrogen-bond donors (Lipinski definition) is 2. The molecule has 0 radical (unpaired) electrons. The zero-order chi connectivity index (χ0) is 17.8. The maximum atomic E-state index is 4.79. The largest absolute Gasteiger partial charge is 0.357 e. The van der Waals surface area contributed by atoms with E-state index in [0.717, 1.165) is 30.3 Å². The molecule has 6 heteroatoms. The van der Waals surface area contributed by atoms with Crippen LogP contribution < -0.4 is 10.6 Å². The Balaban J connectivity index is 1.60. The van der Waals surface area contributed by atoms with Gasteiger partial charge >= 0.3 is 0 Å². The van der Waals surface area contributed by atoms with E-state index < -0.39 is 0 Å². The van der Waals surface area contributed by atoms with Crippen molar-refractivity contribution in [3.8, 4) is 0 Å². The molecule has 1 aromatic heterocycles. The lowest BCUT2D eigenvalue weighted by Gasteiger charge is -2.47. The van der Waals surface area contributed by atoms with Crippen LogP contribution >= 0.6 is 11.3 Å². The van der Waals surface area contributed by atoms with Crippen LogP contribution in [-0.4, -0.2) is 47.6 Å². The van der Waals surface area contributed by atoms with Crippen LogP contribution in [0.3, 0.4) is 0 Å². The molecule has 5 nitrogen and oxygen atoms in total. The summed E-state index contributed by atoms with van der Waals surface area (Å²) in [5.74, 6) is 1.43. The Labute approximate surface area is 156 Å². The zero-order valence-electron chi connectivity index (χ0n) is 16.1. The molecule has 2 N–H and O–H groups in total. The van der Waals surface area contributed by atoms with Crippen molar-refractivity contribution in [2.75, 3.05) is 13.6 Å². The molecule has 0 saturated carbocycles. The molecule has 0 aromatic carbocycles. The smallest absolute Gasteiger partial charge is 0.191 e. The van der Waals surface area contributed by atoms with Gasteiger partial charge in [-0.3, -0.25) is 0 Å². The van der Waals surface area contributed by atoms with Crippen LogP contribution in [0.1, 0.15) is 69.5 Å². The normalized spacial score (nSPS) is 27.6. The molecule has 2 saturated heterocycles. The Morgan fingerprint density at radius 3 is 2.68 bits per heavy atom. The molecule has 2 bridgehead atoms. The number of fused-ring (bicyclic) bond motifs is 2. The summed E-state index contributed by atoms with van der Waals surface area (Å²) in [5, 5.41) is 10.4. The highest BCUT2D eigenvalue weighted by atomic mass is 32.1. The molecule has 0 spiro atoms. The first kappa shape index (κ1) is 18.6. The molecule has 0 amide bonds. The molecule has 2 fully saturated rings. The Hall–Kier alpha value is -1.14. The van der Waals surface area contributed by atoms with Crippen LogP contribution in [0.15, 0.2) is 10.4 Å². The first-order valence-corrected chi connectivity index (χ1v) is 10.7. The molecular formula is C19H33N5S. The number of aromatic nitrogens is 1. The van der Waals surface area contributed by atoms with Gasteiger partial charge in [0.2, 0.25) is 0 Å². The number of hydrogen-bond acceptors (Lipinski definition) is 4. The standard InChI is InChI=1S/C19H33N5S/c1-5-20-19(21-11-15-12-25-18(22-15)13(2)3)23-14-9-16-7-6-8-17(10-14)24(16)4/h12-14,16-17H,5-11H2,1-4H3,(H2,20,21,23). The van der Waals surface area contributed by atoms with Gasteiger partial charge in [0.05, 0.1) is 17.2 Å². The number of thiazole rings is 1. The fourth-order valence-corrected chi connectivity index (χ4v) is 4.89. The highest BCUT2D eigenvalue weighted by molar-refractivity contribution is 7.09. The van der Waals surface area contributed by atoms with Crippen molar-refractivity contribution in [2.24, 2.45) is 4.99 Å². The lowest BCUT2D eigenvalue weighted by Crippen LogP contribution is -2.56. The summed E-state index contributed by atoms with van der Waals surface area (Å²) in [6.07, 6.45) is 6.53. The molecule has 1 aromatic rings. The lowest BCUT2D eigenvalue weighted by molar-refractivity contribution is 0.0526. The van der Waals surface area contributed by atoms with Crippen molar-refractivity contribution in [3.05, 3.63) is 16.1 Å². The summed E-state index contributed by atoms with van der Waals surface area (Å²) in [4.78, 5) is 12.1. The minimum absolute atomic E-state index is 0.493. The van der Waals surface area contributed by atoms with Crippen molar-refractivity contribution < 1.29 is 0 Å². The minimum Gasteiger partial charge on any atom is -0.357 e. The summed E-state index contributed by atoms with van der Waals surface area (Å²) >= 11 is 1.74. The number of guanidine groups is 1. The molecular weight excluding hydrogens is 330 g/mol. The second-order valence-electron chi connectivity index (χ2n) is 7.74. The van der Waals surface area contributed by atoms with E-state index in [2.05, 4.69) is 48.7 Å². The SMILES string of the molecule is CCNC(=NCc1csc(C(C)C)n1)NC1CC2CCCC(C1)N2C. The van der Waals surface area contributed by atoms with E-state index in [-0.39, 0.29) is 0 Å². The van der Waals surface area contributed by atoms with Crippen molar-refractivity contribution in [2.45, 2.75) is 83.5 Å². The van der Waals surface area contributed by atoms with E-state index in [4.69, 9.17) is 9.98 Å². The van der Waals surface area contributed by atoms with E-state index in [0.29, 0.717) is 18.5 Å². The third-order valence-electron chi connectivity index (χ3n) is 5.49. The van der Waals surface area contributed by atoms with Gasteiger partial charge in [0.15, 0.2) is 5.96 Å². The van der Waals surface area contributed by atoms with Gasteiger partial charge in [0.1, 0.15) is 0 Å². The number of nitrogens with one attached hydrogen (secondary N) is 2. The van der Waals surface area contributed by atoms with Crippen molar-refractivity contribution in [3.63, 3.8) is 0 Å². The Kier molecular flexibility index (Phi) is 6.34. The average molecular weight is 364 g/mol. The Morgan fingerprint density at radius 2 is 2.08 bits per heavy atom. The van der Waals surface area contributed by atoms with E-state index in [1.54, 1.807) is 11.3 Å². The number of rotatable bonds is 5. The van der Waals surface area contributed by atoms with E-state index in [1.807, 2.05) is 0 Å². The molecule has 2 aliphatic heterocycles. The predicted octanol–water partition coefficient (Wildman–Crippen LogP) is 3.34. The van der Waals surface area contributed by atoms with Crippen molar-refractivity contribution in [1.82, 2.24) is 20.5 Å². The topological polar surface area (TPSA) is 52.6 Å². The molecule has 0 aliphatic carbocycles. The summed E-state index contributed by atoms with van der Waals surface area (Å²) in [6, 6.07) is 2.01. The zero-order valence-corrected chi connectivity index (χ0v) is 16.9. The van der Waals surface area contributed by atoms with Gasteiger partial charge in [-0.2, -0.15) is 0 Å². The summed E-state index contributed by atoms with van der Waals surface area (Å²) in [6.45, 7) is 8.04. The Morgan fingerprint density at radius 1 is 1.36 bits per heavy atom. The second-order valence-corrected chi connectivity index (χ2v) is 8.63. The second kappa shape index (κ2) is 8.49. The fraction of sp³-hybridized carbons (Fsp3) is 0.789. The number of aliphatic imine (C=N–C) groups is 1. The van der Waals surface area contributed by atoms with E-state index >= 15 is 0 Å². The van der Waals surface area contributed by atoms with Gasteiger partial charge in [-0.1, -0.05) is 20.3 Å². The van der Waals surface area contributed by atoms with Crippen molar-refractivity contribution in [1.29, 1.82) is 0 Å². The Bertz CT molecular complexity index is 568. The monoisotopic (exact) mass is 363 g/mol. The van der Waals surface area contributed by atoms with Crippen molar-refractivity contribution >= 4 is 17.3 Å². The van der Waals surface area contributed by atoms with Gasteiger partial charge in [0.25, 0.3) is 0 Å². The number of nitrogens with zero attached hydrogens (tertiary/aromatic N) is 3. The van der Waals surface area contributed by atoms with Crippen LogP contribution in [0.4, 0.5) is 0 Å². The van der Waals surface area contributed by atoms with Gasteiger partial charge in [-0.25, -0.2) is 9.98 Å². The van der Waals surface area contributed by atoms with Gasteiger partial charge in [0, 0.05) is 36.0 Å². The highest BCUT2D eigenvalue weighted by Gasteiger charge is 2.36. The molecule has 3 rings (SSSR count). The van der Waals surface area contributed by atoms with Crippen LogP contribution in [0, 0.1) is 0 Å². The quantitative estimate of drug-likeness (QED) is 0.622. The van der Waals surface area contributed by atoms with Crippen LogP contribution in [0.5, 0.6) is 0 Å². The fourth-order valence-electron chi connectivity index (χ4n) is 4.07. The number of piperidine rings is 2. The predicted molar refractivity (Wildman–Crippen MR) is 106 cm³/mol. The minimum atomic E-state index is 0.493. The first-order chi connectivity index (χ1) is 12.1. The molecule has 25 heavy (non-hydrogen) atoms. The molecule has 2 atom stereocenters. The average Bonchev–Trinajstić information content (AvgIpc) is 3.03. The molecule has 2 unspecified atom stereocenters. The summed E-state index contributed by atoms with van der Waals surface area (Å²) in [7, 11) is 2.30. The third kappa shape index (κ3) is 4.73. The van der Waals surface area contributed by atoms with Crippen LogP contribution in [-0.2, 0) is 6.54 Å². The van der Waals surface area contributed by atoms with E-state index in [1.165, 1.54) is 37.1 Å². The summed E-state index contributed by atoms with van der Waals surface area (Å²) in [5.41, 5.74) is 1.08. The molecule has 140 valence electrons. The maximum absolute atomic E-state index is 4.79. The molecule has 3 heterocycles.